The number of amides is 1. The first-order valence-electron chi connectivity index (χ1n) is 7.04. The van der Waals surface area contributed by atoms with Crippen LogP contribution in [0.1, 0.15) is 18.1 Å². The van der Waals surface area contributed by atoms with Gasteiger partial charge < -0.3 is 5.32 Å². The molecule has 5 nitrogen and oxygen atoms in total. The molecular weight excluding hydrogens is 296 g/mol. The molecule has 2 heterocycles. The number of rotatable bonds is 3. The number of nitrogens with zero attached hydrogens (tertiary/aromatic N) is 3. The zero-order valence-corrected chi connectivity index (χ0v) is 13.2. The highest BCUT2D eigenvalue weighted by Crippen LogP contribution is 2.23. The van der Waals surface area contributed by atoms with Crippen LogP contribution in [0.2, 0.25) is 0 Å². The van der Waals surface area contributed by atoms with Crippen LogP contribution in [0.5, 0.6) is 0 Å². The summed E-state index contributed by atoms with van der Waals surface area (Å²) >= 11 is 5.30. The number of aromatic nitrogens is 2. The van der Waals surface area contributed by atoms with Gasteiger partial charge in [-0.15, -0.1) is 0 Å². The predicted molar refractivity (Wildman–Crippen MR) is 90.3 cm³/mol. The summed E-state index contributed by atoms with van der Waals surface area (Å²) in [6, 6.07) is 7.70. The largest absolute Gasteiger partial charge is 0.327 e. The third-order valence-electron chi connectivity index (χ3n) is 3.43. The van der Waals surface area contributed by atoms with Gasteiger partial charge in [0.25, 0.3) is 5.91 Å². The van der Waals surface area contributed by atoms with Gasteiger partial charge in [0.2, 0.25) is 0 Å². The molecule has 1 fully saturated rings. The molecule has 0 bridgehead atoms. The molecule has 1 aliphatic heterocycles. The number of benzene rings is 1. The Balaban J connectivity index is 1.91. The summed E-state index contributed by atoms with van der Waals surface area (Å²) in [5, 5.41) is 7.57. The highest BCUT2D eigenvalue weighted by molar-refractivity contribution is 7.80. The van der Waals surface area contributed by atoms with E-state index in [0.29, 0.717) is 10.8 Å². The fraction of sp³-hybridized carbons (Fsp3) is 0.188. The van der Waals surface area contributed by atoms with Gasteiger partial charge in [0, 0.05) is 18.3 Å². The summed E-state index contributed by atoms with van der Waals surface area (Å²) in [6.07, 6.45) is 5.38. The maximum Gasteiger partial charge on any atom is 0.281 e. The summed E-state index contributed by atoms with van der Waals surface area (Å²) in [7, 11) is 0. The average Bonchev–Trinajstić information content (AvgIpc) is 3.04. The van der Waals surface area contributed by atoms with E-state index in [4.69, 9.17) is 12.2 Å². The van der Waals surface area contributed by atoms with Gasteiger partial charge in [0.1, 0.15) is 5.70 Å². The second-order valence-electron chi connectivity index (χ2n) is 5.10. The molecule has 6 heteroatoms. The lowest BCUT2D eigenvalue weighted by molar-refractivity contribution is -0.113. The summed E-state index contributed by atoms with van der Waals surface area (Å²) in [5.74, 6) is -0.153. The first-order valence-corrected chi connectivity index (χ1v) is 7.45. The third-order valence-corrected chi connectivity index (χ3v) is 3.71. The monoisotopic (exact) mass is 312 g/mol. The highest BCUT2D eigenvalue weighted by atomic mass is 32.1. The predicted octanol–water partition coefficient (Wildman–Crippen LogP) is 2.47. The Morgan fingerprint density at radius 3 is 2.91 bits per heavy atom. The number of hydrogen-bond donors (Lipinski definition) is 1. The Hall–Kier alpha value is -2.47. The number of nitrogens with one attached hydrogen (secondary N) is 1. The van der Waals surface area contributed by atoms with Crippen LogP contribution < -0.4 is 10.2 Å². The Kier molecular flexibility index (Phi) is 3.77. The Morgan fingerprint density at radius 1 is 1.41 bits per heavy atom. The van der Waals surface area contributed by atoms with Crippen LogP contribution in [-0.4, -0.2) is 20.8 Å². The van der Waals surface area contributed by atoms with Crippen molar-refractivity contribution < 1.29 is 4.79 Å². The number of aryl methyl sites for hydroxylation is 2. The number of carbonyl (C=O) groups excluding carboxylic acids is 1. The van der Waals surface area contributed by atoms with Crippen molar-refractivity contribution in [3.63, 3.8) is 0 Å². The summed E-state index contributed by atoms with van der Waals surface area (Å²) in [6.45, 7) is 4.78. The Labute approximate surface area is 134 Å². The Bertz CT molecular complexity index is 778. The SMILES string of the molecule is CCn1cc(/C=C2\NC(=S)N(c3cccc(C)c3)C2=O)cn1. The zero-order valence-electron chi connectivity index (χ0n) is 12.4. The van der Waals surface area contributed by atoms with Crippen LogP contribution in [0, 0.1) is 6.92 Å². The lowest BCUT2D eigenvalue weighted by atomic mass is 10.2. The van der Waals surface area contributed by atoms with Gasteiger partial charge in [-0.3, -0.25) is 14.4 Å². The molecule has 1 saturated heterocycles. The van der Waals surface area contributed by atoms with E-state index in [0.717, 1.165) is 23.4 Å². The van der Waals surface area contributed by atoms with Gasteiger partial charge in [-0.1, -0.05) is 12.1 Å². The molecule has 112 valence electrons. The van der Waals surface area contributed by atoms with Gasteiger partial charge in [0.05, 0.1) is 11.9 Å². The molecule has 0 atom stereocenters. The van der Waals surface area contributed by atoms with E-state index in [2.05, 4.69) is 10.4 Å². The maximum absolute atomic E-state index is 12.6. The van der Waals surface area contributed by atoms with Crippen LogP contribution in [0.3, 0.4) is 0 Å². The summed E-state index contributed by atoms with van der Waals surface area (Å²) in [5.41, 5.74) is 3.18. The first kappa shape index (κ1) is 14.5. The van der Waals surface area contributed by atoms with Crippen LogP contribution in [0.15, 0.2) is 42.4 Å². The average molecular weight is 312 g/mol. The molecule has 1 aromatic heterocycles. The van der Waals surface area contributed by atoms with Crippen molar-refractivity contribution in [1.82, 2.24) is 15.1 Å². The zero-order chi connectivity index (χ0) is 15.7. The smallest absolute Gasteiger partial charge is 0.281 e. The number of anilines is 1. The van der Waals surface area contributed by atoms with E-state index < -0.39 is 0 Å². The molecule has 0 unspecified atom stereocenters. The van der Waals surface area contributed by atoms with Crippen molar-refractivity contribution >= 4 is 35.0 Å². The number of carbonyl (C=O) groups is 1. The van der Waals surface area contributed by atoms with E-state index in [1.807, 2.05) is 49.0 Å². The number of thiocarbonyl (C=S) groups is 1. The van der Waals surface area contributed by atoms with E-state index >= 15 is 0 Å². The molecule has 2 aromatic rings. The van der Waals surface area contributed by atoms with Crippen molar-refractivity contribution in [2.45, 2.75) is 20.4 Å². The van der Waals surface area contributed by atoms with Crippen molar-refractivity contribution in [1.29, 1.82) is 0 Å². The number of hydrogen-bond acceptors (Lipinski definition) is 3. The van der Waals surface area contributed by atoms with E-state index in [9.17, 15) is 4.79 Å². The van der Waals surface area contributed by atoms with Crippen molar-refractivity contribution in [2.75, 3.05) is 4.90 Å². The van der Waals surface area contributed by atoms with Crippen LogP contribution in [0.25, 0.3) is 6.08 Å². The molecule has 1 aromatic carbocycles. The van der Waals surface area contributed by atoms with Crippen molar-refractivity contribution in [3.8, 4) is 0 Å². The van der Waals surface area contributed by atoms with Crippen LogP contribution >= 0.6 is 12.2 Å². The van der Waals surface area contributed by atoms with Gasteiger partial charge in [-0.25, -0.2) is 0 Å². The highest BCUT2D eigenvalue weighted by Gasteiger charge is 2.31. The van der Waals surface area contributed by atoms with Crippen LogP contribution in [-0.2, 0) is 11.3 Å². The molecule has 3 rings (SSSR count). The quantitative estimate of drug-likeness (QED) is 0.699. The molecule has 0 aliphatic carbocycles. The standard InChI is InChI=1S/C16H16N4OS/c1-3-19-10-12(9-17-19)8-14-15(21)20(16(22)18-14)13-6-4-5-11(2)7-13/h4-10H,3H2,1-2H3,(H,18,22)/b14-8-. The van der Waals surface area contributed by atoms with E-state index in [1.165, 1.54) is 4.90 Å². The molecular formula is C16H16N4OS. The minimum Gasteiger partial charge on any atom is -0.327 e. The molecule has 1 amide bonds. The van der Waals surface area contributed by atoms with Gasteiger partial charge in [0.15, 0.2) is 5.11 Å². The fourth-order valence-electron chi connectivity index (χ4n) is 2.33. The topological polar surface area (TPSA) is 50.2 Å². The van der Waals surface area contributed by atoms with Gasteiger partial charge in [-0.2, -0.15) is 5.10 Å². The summed E-state index contributed by atoms with van der Waals surface area (Å²) in [4.78, 5) is 14.1. The van der Waals surface area contributed by atoms with Crippen molar-refractivity contribution in [3.05, 3.63) is 53.5 Å². The maximum atomic E-state index is 12.6. The normalized spacial score (nSPS) is 16.5. The van der Waals surface area contributed by atoms with Crippen molar-refractivity contribution in [2.24, 2.45) is 0 Å². The molecule has 0 radical (unpaired) electrons. The van der Waals surface area contributed by atoms with Crippen LogP contribution in [0.4, 0.5) is 5.69 Å². The summed E-state index contributed by atoms with van der Waals surface area (Å²) < 4.78 is 1.81. The fourth-order valence-corrected chi connectivity index (χ4v) is 2.63. The molecule has 1 aliphatic rings. The minimum atomic E-state index is -0.153. The van der Waals surface area contributed by atoms with E-state index in [-0.39, 0.29) is 5.91 Å². The van der Waals surface area contributed by atoms with Gasteiger partial charge >= 0.3 is 0 Å². The third kappa shape index (κ3) is 2.65. The molecule has 22 heavy (non-hydrogen) atoms. The van der Waals surface area contributed by atoms with Gasteiger partial charge in [-0.05, 0) is 49.8 Å². The lowest BCUT2D eigenvalue weighted by Crippen LogP contribution is -2.30. The van der Waals surface area contributed by atoms with E-state index in [1.54, 1.807) is 12.3 Å². The lowest BCUT2D eigenvalue weighted by Gasteiger charge is -2.14. The second kappa shape index (κ2) is 5.73. The molecule has 1 N–H and O–H groups in total. The first-order chi connectivity index (χ1) is 10.6. The minimum absolute atomic E-state index is 0.153. The second-order valence-corrected chi connectivity index (χ2v) is 5.48. The molecule has 0 spiro atoms. The molecule has 0 saturated carbocycles. The Morgan fingerprint density at radius 2 is 2.23 bits per heavy atom.